The molecule has 3 aliphatic rings. The molecule has 6 heteroatoms. The lowest BCUT2D eigenvalue weighted by atomic mass is 9.77. The maximum Gasteiger partial charge on any atom is 0.250 e. The lowest BCUT2D eigenvalue weighted by Crippen LogP contribution is -2.51. The molecule has 0 aromatic heterocycles. The molecule has 0 radical (unpaired) electrons. The molecule has 6 nitrogen and oxygen atoms in total. The number of carbonyl (C=O) groups excluding carboxylic acids is 3. The fraction of sp³-hybridized carbons (Fsp3) is 0.174. The molecule has 3 atom stereocenters. The molecule has 2 N–H and O–H groups in total. The summed E-state index contributed by atoms with van der Waals surface area (Å²) in [7, 11) is 0. The van der Waals surface area contributed by atoms with Gasteiger partial charge < -0.3 is 5.32 Å². The minimum absolute atomic E-state index is 0.253. The fourth-order valence-corrected chi connectivity index (χ4v) is 5.13. The Balaban J connectivity index is 1.47. The van der Waals surface area contributed by atoms with Gasteiger partial charge in [-0.25, -0.2) is 4.90 Å². The first-order chi connectivity index (χ1) is 14.1. The van der Waals surface area contributed by atoms with Crippen molar-refractivity contribution in [3.05, 3.63) is 72.3 Å². The molecular formula is C23H17N3O3. The highest BCUT2D eigenvalue weighted by molar-refractivity contribution is 6.26. The monoisotopic (exact) mass is 383 g/mol. The molecular weight excluding hydrogens is 366 g/mol. The van der Waals surface area contributed by atoms with E-state index < -0.39 is 17.4 Å². The van der Waals surface area contributed by atoms with E-state index in [-0.39, 0.29) is 17.7 Å². The Morgan fingerprint density at radius 1 is 0.862 bits per heavy atom. The summed E-state index contributed by atoms with van der Waals surface area (Å²) in [6.45, 7) is 0.293. The SMILES string of the molecule is O=C1[C@H]2CN[C@@]3(C(=O)Nc4ccccc43)[C@H]2C(=O)N1c1ccc2ccccc2c1. The molecule has 3 amide bonds. The van der Waals surface area contributed by atoms with E-state index in [4.69, 9.17) is 0 Å². The molecule has 2 fully saturated rings. The minimum Gasteiger partial charge on any atom is -0.324 e. The molecule has 3 aromatic carbocycles. The van der Waals surface area contributed by atoms with Crippen molar-refractivity contribution in [3.63, 3.8) is 0 Å². The lowest BCUT2D eigenvalue weighted by molar-refractivity contribution is -0.130. The van der Waals surface area contributed by atoms with Gasteiger partial charge in [-0.3, -0.25) is 19.7 Å². The average molecular weight is 383 g/mol. The highest BCUT2D eigenvalue weighted by Crippen LogP contribution is 2.51. The lowest BCUT2D eigenvalue weighted by Gasteiger charge is -2.28. The summed E-state index contributed by atoms with van der Waals surface area (Å²) >= 11 is 0. The van der Waals surface area contributed by atoms with Crippen molar-refractivity contribution in [2.24, 2.45) is 11.8 Å². The number of rotatable bonds is 1. The third-order valence-corrected chi connectivity index (χ3v) is 6.44. The normalized spacial score (nSPS) is 27.6. The van der Waals surface area contributed by atoms with Crippen molar-refractivity contribution in [1.82, 2.24) is 5.32 Å². The van der Waals surface area contributed by atoms with Crippen LogP contribution in [-0.2, 0) is 19.9 Å². The zero-order valence-electron chi connectivity index (χ0n) is 15.4. The second-order valence-corrected chi connectivity index (χ2v) is 7.82. The molecule has 3 heterocycles. The Labute approximate surface area is 166 Å². The highest BCUT2D eigenvalue weighted by atomic mass is 16.2. The Morgan fingerprint density at radius 3 is 2.48 bits per heavy atom. The molecule has 0 saturated carbocycles. The van der Waals surface area contributed by atoms with Crippen LogP contribution in [0.3, 0.4) is 0 Å². The van der Waals surface area contributed by atoms with Crippen LogP contribution in [-0.4, -0.2) is 24.3 Å². The van der Waals surface area contributed by atoms with Crippen molar-refractivity contribution >= 4 is 39.9 Å². The number of para-hydroxylation sites is 1. The number of imide groups is 1. The van der Waals surface area contributed by atoms with Gasteiger partial charge in [0.15, 0.2) is 0 Å². The Kier molecular flexibility index (Phi) is 3.13. The van der Waals surface area contributed by atoms with Crippen LogP contribution in [0, 0.1) is 11.8 Å². The number of hydrogen-bond donors (Lipinski definition) is 2. The largest absolute Gasteiger partial charge is 0.324 e. The van der Waals surface area contributed by atoms with Gasteiger partial charge in [0, 0.05) is 17.8 Å². The van der Waals surface area contributed by atoms with Crippen LogP contribution in [0.15, 0.2) is 66.7 Å². The van der Waals surface area contributed by atoms with Gasteiger partial charge in [-0.05, 0) is 29.0 Å². The average Bonchev–Trinajstić information content (AvgIpc) is 3.35. The van der Waals surface area contributed by atoms with Gasteiger partial charge in [0.05, 0.1) is 17.5 Å². The van der Waals surface area contributed by atoms with Crippen LogP contribution in [0.25, 0.3) is 10.8 Å². The summed E-state index contributed by atoms with van der Waals surface area (Å²) in [5.41, 5.74) is 0.781. The first kappa shape index (κ1) is 16.4. The van der Waals surface area contributed by atoms with E-state index >= 15 is 0 Å². The number of anilines is 2. The molecule has 3 aliphatic heterocycles. The van der Waals surface area contributed by atoms with Crippen LogP contribution in [0.4, 0.5) is 11.4 Å². The van der Waals surface area contributed by atoms with Crippen LogP contribution in [0.1, 0.15) is 5.56 Å². The fourth-order valence-electron chi connectivity index (χ4n) is 5.13. The Hall–Kier alpha value is -3.51. The Bertz CT molecular complexity index is 1240. The van der Waals surface area contributed by atoms with Gasteiger partial charge in [-0.2, -0.15) is 0 Å². The zero-order valence-corrected chi connectivity index (χ0v) is 15.4. The molecule has 3 aromatic rings. The third-order valence-electron chi connectivity index (χ3n) is 6.44. The topological polar surface area (TPSA) is 78.5 Å². The second kappa shape index (κ2) is 5.52. The van der Waals surface area contributed by atoms with Crippen molar-refractivity contribution in [1.29, 1.82) is 0 Å². The predicted octanol–water partition coefficient (Wildman–Crippen LogP) is 2.40. The number of benzene rings is 3. The van der Waals surface area contributed by atoms with E-state index in [2.05, 4.69) is 10.6 Å². The number of amides is 3. The molecule has 1 spiro atoms. The maximum atomic E-state index is 13.5. The summed E-state index contributed by atoms with van der Waals surface area (Å²) < 4.78 is 0. The van der Waals surface area contributed by atoms with Crippen LogP contribution >= 0.6 is 0 Å². The smallest absolute Gasteiger partial charge is 0.250 e. The van der Waals surface area contributed by atoms with Crippen molar-refractivity contribution in [2.45, 2.75) is 5.54 Å². The van der Waals surface area contributed by atoms with E-state index in [9.17, 15) is 14.4 Å². The summed E-state index contributed by atoms with van der Waals surface area (Å²) in [6.07, 6.45) is 0. The molecule has 2 saturated heterocycles. The first-order valence-electron chi connectivity index (χ1n) is 9.64. The van der Waals surface area contributed by atoms with Gasteiger partial charge >= 0.3 is 0 Å². The van der Waals surface area contributed by atoms with Gasteiger partial charge in [0.1, 0.15) is 5.54 Å². The van der Waals surface area contributed by atoms with Gasteiger partial charge in [0.2, 0.25) is 17.7 Å². The minimum atomic E-state index is -1.19. The zero-order chi connectivity index (χ0) is 19.8. The second-order valence-electron chi connectivity index (χ2n) is 7.82. The number of nitrogens with zero attached hydrogens (tertiary/aromatic N) is 1. The molecule has 29 heavy (non-hydrogen) atoms. The molecule has 6 rings (SSSR count). The predicted molar refractivity (Wildman–Crippen MR) is 108 cm³/mol. The van der Waals surface area contributed by atoms with E-state index in [1.54, 1.807) is 6.07 Å². The van der Waals surface area contributed by atoms with Crippen molar-refractivity contribution < 1.29 is 14.4 Å². The quantitative estimate of drug-likeness (QED) is 0.633. The molecule has 0 bridgehead atoms. The van der Waals surface area contributed by atoms with Crippen molar-refractivity contribution in [2.75, 3.05) is 16.8 Å². The molecule has 0 aliphatic carbocycles. The number of nitrogens with one attached hydrogen (secondary N) is 2. The van der Waals surface area contributed by atoms with Gasteiger partial charge in [-0.1, -0.05) is 48.5 Å². The maximum absolute atomic E-state index is 13.5. The summed E-state index contributed by atoms with van der Waals surface area (Å²) in [6, 6.07) is 20.7. The molecule has 0 unspecified atom stereocenters. The van der Waals surface area contributed by atoms with Crippen LogP contribution in [0.5, 0.6) is 0 Å². The first-order valence-corrected chi connectivity index (χ1v) is 9.64. The summed E-state index contributed by atoms with van der Waals surface area (Å²) in [5, 5.41) is 8.09. The van der Waals surface area contributed by atoms with E-state index in [1.807, 2.05) is 60.7 Å². The standard InChI is InChI=1S/C23H17N3O3/c27-20-16-12-24-23(17-7-3-4-8-18(17)25-22(23)29)19(16)21(28)26(20)15-10-9-13-5-1-2-6-14(13)11-15/h1-11,16,19,24H,12H2,(H,25,29)/t16-,19+,23+/m0/s1. The van der Waals surface area contributed by atoms with Crippen LogP contribution < -0.4 is 15.5 Å². The number of hydrogen-bond acceptors (Lipinski definition) is 4. The Morgan fingerprint density at radius 2 is 1.62 bits per heavy atom. The summed E-state index contributed by atoms with van der Waals surface area (Å²) in [4.78, 5) is 41.0. The van der Waals surface area contributed by atoms with Gasteiger partial charge in [-0.15, -0.1) is 0 Å². The summed E-state index contributed by atoms with van der Waals surface area (Å²) in [5.74, 6) is -2.17. The van der Waals surface area contributed by atoms with E-state index in [0.29, 0.717) is 17.9 Å². The molecule has 142 valence electrons. The van der Waals surface area contributed by atoms with Crippen molar-refractivity contribution in [3.8, 4) is 0 Å². The third kappa shape index (κ3) is 1.96. The number of fused-ring (bicyclic) bond motifs is 5. The van der Waals surface area contributed by atoms with E-state index in [0.717, 1.165) is 16.3 Å². The van der Waals surface area contributed by atoms with Crippen LogP contribution in [0.2, 0.25) is 0 Å². The highest BCUT2D eigenvalue weighted by Gasteiger charge is 2.67. The van der Waals surface area contributed by atoms with E-state index in [1.165, 1.54) is 4.90 Å². The number of carbonyl (C=O) groups is 3. The van der Waals surface area contributed by atoms with Gasteiger partial charge in [0.25, 0.3) is 0 Å².